The Morgan fingerprint density at radius 3 is 2.91 bits per heavy atom. The van der Waals surface area contributed by atoms with Crippen LogP contribution >= 0.6 is 11.6 Å². The number of methoxy groups -OCH3 is 1. The third-order valence-electron chi connectivity index (χ3n) is 3.25. The van der Waals surface area contributed by atoms with Crippen molar-refractivity contribution in [2.45, 2.75) is 6.92 Å². The quantitative estimate of drug-likeness (QED) is 0.806. The molecule has 1 aromatic carbocycles. The fourth-order valence-electron chi connectivity index (χ4n) is 2.12. The first-order chi connectivity index (χ1) is 10.6. The van der Waals surface area contributed by atoms with Crippen LogP contribution < -0.4 is 10.1 Å². The molecule has 0 aliphatic heterocycles. The molecule has 0 saturated carbocycles. The molecular formula is C15H13ClN4O2. The van der Waals surface area contributed by atoms with E-state index >= 15 is 0 Å². The van der Waals surface area contributed by atoms with Crippen molar-refractivity contribution >= 4 is 28.8 Å². The van der Waals surface area contributed by atoms with Gasteiger partial charge in [0.1, 0.15) is 11.4 Å². The van der Waals surface area contributed by atoms with Crippen molar-refractivity contribution in [1.82, 2.24) is 14.6 Å². The van der Waals surface area contributed by atoms with E-state index in [9.17, 15) is 4.79 Å². The zero-order chi connectivity index (χ0) is 15.7. The van der Waals surface area contributed by atoms with Crippen LogP contribution in [0.4, 0.5) is 5.69 Å². The predicted molar refractivity (Wildman–Crippen MR) is 83.7 cm³/mol. The molecular weight excluding hydrogens is 304 g/mol. The lowest BCUT2D eigenvalue weighted by atomic mass is 10.2. The minimum atomic E-state index is -0.309. The number of anilines is 1. The van der Waals surface area contributed by atoms with E-state index in [1.54, 1.807) is 36.7 Å². The number of aromatic nitrogens is 3. The van der Waals surface area contributed by atoms with E-state index < -0.39 is 0 Å². The summed E-state index contributed by atoms with van der Waals surface area (Å²) in [6.45, 7) is 1.86. The number of nitrogens with zero attached hydrogens (tertiary/aromatic N) is 3. The predicted octanol–water partition coefficient (Wildman–Crippen LogP) is 2.95. The molecule has 22 heavy (non-hydrogen) atoms. The Labute approximate surface area is 131 Å². The second-order valence-electron chi connectivity index (χ2n) is 4.69. The van der Waals surface area contributed by atoms with Gasteiger partial charge in [0.05, 0.1) is 19.0 Å². The van der Waals surface area contributed by atoms with Gasteiger partial charge < -0.3 is 10.1 Å². The molecule has 0 radical (unpaired) electrons. The van der Waals surface area contributed by atoms with Gasteiger partial charge in [-0.15, -0.1) is 0 Å². The monoisotopic (exact) mass is 316 g/mol. The van der Waals surface area contributed by atoms with Crippen molar-refractivity contribution in [3.05, 3.63) is 52.9 Å². The largest absolute Gasteiger partial charge is 0.495 e. The van der Waals surface area contributed by atoms with Crippen LogP contribution in [0.25, 0.3) is 5.65 Å². The first kappa shape index (κ1) is 14.3. The first-order valence-electron chi connectivity index (χ1n) is 6.54. The standard InChI is InChI=1S/C15H13ClN4O2/c1-9-7-11(13(22-2)8-10(9)16)19-15(21)12-3-5-17-14-4-6-18-20(12)14/h3-8H,1-2H3,(H,19,21). The Hall–Kier alpha value is -2.60. The number of aryl methyl sites for hydroxylation is 1. The zero-order valence-corrected chi connectivity index (χ0v) is 12.8. The van der Waals surface area contributed by atoms with Crippen molar-refractivity contribution < 1.29 is 9.53 Å². The summed E-state index contributed by atoms with van der Waals surface area (Å²) in [7, 11) is 1.52. The number of ether oxygens (including phenoxy) is 1. The minimum Gasteiger partial charge on any atom is -0.495 e. The van der Waals surface area contributed by atoms with E-state index in [0.717, 1.165) is 5.56 Å². The average Bonchev–Trinajstić information content (AvgIpc) is 2.98. The molecule has 0 aliphatic carbocycles. The molecule has 2 heterocycles. The maximum Gasteiger partial charge on any atom is 0.274 e. The molecule has 0 bridgehead atoms. The Morgan fingerprint density at radius 1 is 1.32 bits per heavy atom. The molecule has 6 nitrogen and oxygen atoms in total. The molecule has 0 atom stereocenters. The summed E-state index contributed by atoms with van der Waals surface area (Å²) in [4.78, 5) is 16.6. The van der Waals surface area contributed by atoms with Crippen molar-refractivity contribution in [3.8, 4) is 5.75 Å². The second-order valence-corrected chi connectivity index (χ2v) is 5.09. The number of halogens is 1. The lowest BCUT2D eigenvalue weighted by molar-refractivity contribution is 0.101. The van der Waals surface area contributed by atoms with Gasteiger partial charge in [-0.1, -0.05) is 11.6 Å². The van der Waals surface area contributed by atoms with Crippen molar-refractivity contribution in [1.29, 1.82) is 0 Å². The molecule has 0 unspecified atom stereocenters. The Kier molecular flexibility index (Phi) is 3.68. The fourth-order valence-corrected chi connectivity index (χ4v) is 2.28. The highest BCUT2D eigenvalue weighted by Crippen LogP contribution is 2.31. The van der Waals surface area contributed by atoms with Crippen molar-refractivity contribution in [3.63, 3.8) is 0 Å². The Bertz CT molecular complexity index is 860. The maximum absolute atomic E-state index is 12.5. The van der Waals surface area contributed by atoms with E-state index in [1.807, 2.05) is 6.92 Å². The van der Waals surface area contributed by atoms with Gasteiger partial charge in [0.2, 0.25) is 0 Å². The normalized spacial score (nSPS) is 10.7. The third kappa shape index (κ3) is 2.48. The van der Waals surface area contributed by atoms with Crippen LogP contribution in [-0.2, 0) is 0 Å². The van der Waals surface area contributed by atoms with Gasteiger partial charge in [0.15, 0.2) is 5.65 Å². The summed E-state index contributed by atoms with van der Waals surface area (Å²) in [6.07, 6.45) is 3.16. The number of hydrogen-bond acceptors (Lipinski definition) is 4. The number of carbonyl (C=O) groups excluding carboxylic acids is 1. The summed E-state index contributed by atoms with van der Waals surface area (Å²) >= 11 is 6.07. The van der Waals surface area contributed by atoms with Crippen molar-refractivity contribution in [2.24, 2.45) is 0 Å². The van der Waals surface area contributed by atoms with Crippen LogP contribution in [0.5, 0.6) is 5.75 Å². The van der Waals surface area contributed by atoms with Gasteiger partial charge in [0.25, 0.3) is 5.91 Å². The van der Waals surface area contributed by atoms with E-state index in [-0.39, 0.29) is 5.91 Å². The minimum absolute atomic E-state index is 0.309. The number of rotatable bonds is 3. The van der Waals surface area contributed by atoms with Gasteiger partial charge in [0, 0.05) is 23.4 Å². The number of amides is 1. The molecule has 7 heteroatoms. The zero-order valence-electron chi connectivity index (χ0n) is 12.0. The number of benzene rings is 1. The molecule has 112 valence electrons. The summed E-state index contributed by atoms with van der Waals surface area (Å²) in [5.41, 5.74) is 2.37. The van der Waals surface area contributed by atoms with E-state index in [4.69, 9.17) is 16.3 Å². The average molecular weight is 317 g/mol. The number of nitrogens with one attached hydrogen (secondary N) is 1. The molecule has 0 spiro atoms. The highest BCUT2D eigenvalue weighted by atomic mass is 35.5. The molecule has 0 fully saturated rings. The van der Waals surface area contributed by atoms with Crippen LogP contribution in [-0.4, -0.2) is 27.6 Å². The summed E-state index contributed by atoms with van der Waals surface area (Å²) in [5, 5.41) is 7.49. The van der Waals surface area contributed by atoms with Gasteiger partial charge in [-0.25, -0.2) is 9.50 Å². The smallest absolute Gasteiger partial charge is 0.274 e. The SMILES string of the molecule is COc1cc(Cl)c(C)cc1NC(=O)c1ccnc2ccnn12. The Balaban J connectivity index is 1.98. The molecule has 3 aromatic rings. The number of hydrogen-bond donors (Lipinski definition) is 1. The molecule has 0 aliphatic rings. The third-order valence-corrected chi connectivity index (χ3v) is 3.66. The van der Waals surface area contributed by atoms with E-state index in [2.05, 4.69) is 15.4 Å². The molecule has 1 N–H and O–H groups in total. The summed E-state index contributed by atoms with van der Waals surface area (Å²) in [5.74, 6) is 0.186. The van der Waals surface area contributed by atoms with Crippen LogP contribution in [0.1, 0.15) is 16.1 Å². The topological polar surface area (TPSA) is 68.5 Å². The fraction of sp³-hybridized carbons (Fsp3) is 0.133. The number of fused-ring (bicyclic) bond motifs is 1. The highest BCUT2D eigenvalue weighted by Gasteiger charge is 2.15. The summed E-state index contributed by atoms with van der Waals surface area (Å²) in [6, 6.07) is 6.76. The van der Waals surface area contributed by atoms with E-state index in [1.165, 1.54) is 11.6 Å². The molecule has 2 aromatic heterocycles. The second kappa shape index (κ2) is 5.65. The summed E-state index contributed by atoms with van der Waals surface area (Å²) < 4.78 is 6.73. The van der Waals surface area contributed by atoms with Gasteiger partial charge in [-0.05, 0) is 24.6 Å². The van der Waals surface area contributed by atoms with Gasteiger partial charge >= 0.3 is 0 Å². The first-order valence-corrected chi connectivity index (χ1v) is 6.92. The highest BCUT2D eigenvalue weighted by molar-refractivity contribution is 6.31. The molecule has 1 amide bonds. The molecule has 0 saturated heterocycles. The van der Waals surface area contributed by atoms with Gasteiger partial charge in [-0.3, -0.25) is 4.79 Å². The van der Waals surface area contributed by atoms with Crippen LogP contribution in [0.3, 0.4) is 0 Å². The van der Waals surface area contributed by atoms with Crippen LogP contribution in [0.2, 0.25) is 5.02 Å². The van der Waals surface area contributed by atoms with Crippen LogP contribution in [0.15, 0.2) is 36.7 Å². The molecule has 3 rings (SSSR count). The van der Waals surface area contributed by atoms with Gasteiger partial charge in [-0.2, -0.15) is 5.10 Å². The lowest BCUT2D eigenvalue weighted by Crippen LogP contribution is -2.17. The van der Waals surface area contributed by atoms with Crippen LogP contribution in [0, 0.1) is 6.92 Å². The number of carbonyl (C=O) groups is 1. The van der Waals surface area contributed by atoms with E-state index in [0.29, 0.717) is 27.8 Å². The maximum atomic E-state index is 12.5. The lowest BCUT2D eigenvalue weighted by Gasteiger charge is -2.12. The Morgan fingerprint density at radius 2 is 2.14 bits per heavy atom. The van der Waals surface area contributed by atoms with Crippen molar-refractivity contribution in [2.75, 3.05) is 12.4 Å².